The topological polar surface area (TPSA) is 86.7 Å². The minimum Gasteiger partial charge on any atom is -0.490 e. The van der Waals surface area contributed by atoms with Crippen LogP contribution in [0.25, 0.3) is 11.0 Å². The smallest absolute Gasteiger partial charge is 0.387 e. The highest BCUT2D eigenvalue weighted by Crippen LogP contribution is 2.41. The van der Waals surface area contributed by atoms with Gasteiger partial charge >= 0.3 is 6.61 Å². The van der Waals surface area contributed by atoms with E-state index < -0.39 is 12.8 Å². The predicted octanol–water partition coefficient (Wildman–Crippen LogP) is 3.32. The Morgan fingerprint density at radius 2 is 2.04 bits per heavy atom. The van der Waals surface area contributed by atoms with Gasteiger partial charge in [0.15, 0.2) is 23.6 Å². The number of aromatic nitrogens is 2. The summed E-state index contributed by atoms with van der Waals surface area (Å²) < 4.78 is 38.2. The number of hydrogen-bond acceptors (Lipinski definition) is 6. The number of nitrogens with two attached hydrogens (primary N) is 1. The summed E-state index contributed by atoms with van der Waals surface area (Å²) in [5.41, 5.74) is 7.82. The zero-order chi connectivity index (χ0) is 19.0. The van der Waals surface area contributed by atoms with E-state index in [0.717, 1.165) is 11.0 Å². The highest BCUT2D eigenvalue weighted by molar-refractivity contribution is 5.94. The zero-order valence-corrected chi connectivity index (χ0v) is 14.4. The number of anilines is 1. The SMILES string of the molecule is CCOc1cccc(C2N=C(N)Nc3nc4ccccc4n32)c1OC(F)F. The van der Waals surface area contributed by atoms with Crippen LogP contribution in [0.15, 0.2) is 47.5 Å². The van der Waals surface area contributed by atoms with Gasteiger partial charge in [-0.1, -0.05) is 24.3 Å². The van der Waals surface area contributed by atoms with Crippen LogP contribution in [-0.4, -0.2) is 28.7 Å². The molecule has 1 atom stereocenters. The van der Waals surface area contributed by atoms with Gasteiger partial charge in [-0.25, -0.2) is 9.98 Å². The molecule has 0 saturated carbocycles. The van der Waals surface area contributed by atoms with Gasteiger partial charge < -0.3 is 15.2 Å². The first-order valence-electron chi connectivity index (χ1n) is 8.36. The third-order valence-corrected chi connectivity index (χ3v) is 4.14. The fraction of sp³-hybridized carbons (Fsp3) is 0.222. The largest absolute Gasteiger partial charge is 0.490 e. The summed E-state index contributed by atoms with van der Waals surface area (Å²) in [5, 5.41) is 2.91. The Labute approximate surface area is 153 Å². The molecule has 0 saturated heterocycles. The van der Waals surface area contributed by atoms with E-state index >= 15 is 0 Å². The lowest BCUT2D eigenvalue weighted by molar-refractivity contribution is -0.0523. The number of halogens is 2. The maximum atomic E-state index is 13.1. The summed E-state index contributed by atoms with van der Waals surface area (Å²) in [4.78, 5) is 8.91. The number of aliphatic imine (C=N–C) groups is 1. The average molecular weight is 373 g/mol. The van der Waals surface area contributed by atoms with Crippen molar-refractivity contribution in [1.29, 1.82) is 0 Å². The molecule has 3 N–H and O–H groups in total. The highest BCUT2D eigenvalue weighted by atomic mass is 19.3. The molecular weight excluding hydrogens is 356 g/mol. The van der Waals surface area contributed by atoms with Crippen LogP contribution < -0.4 is 20.5 Å². The lowest BCUT2D eigenvalue weighted by Crippen LogP contribution is -2.31. The Morgan fingerprint density at radius 1 is 1.22 bits per heavy atom. The van der Waals surface area contributed by atoms with Gasteiger partial charge in [0.05, 0.1) is 17.6 Å². The van der Waals surface area contributed by atoms with Gasteiger partial charge in [0.1, 0.15) is 0 Å². The van der Waals surface area contributed by atoms with Crippen LogP contribution in [0.1, 0.15) is 18.7 Å². The van der Waals surface area contributed by atoms with Gasteiger partial charge in [-0.05, 0) is 25.1 Å². The normalized spacial score (nSPS) is 16.0. The fourth-order valence-electron chi connectivity index (χ4n) is 3.15. The standard InChI is InChI=1S/C18H17F2N5O2/c1-2-26-13-9-5-6-10(14(13)27-16(19)20)15-23-17(21)24-18-22-11-7-3-4-8-12(11)25(15)18/h3-9,15-16H,2H2,1H3,(H3,21,22,23,24). The van der Waals surface area contributed by atoms with Crippen molar-refractivity contribution in [2.75, 3.05) is 11.9 Å². The van der Waals surface area contributed by atoms with Crippen molar-refractivity contribution in [3.8, 4) is 11.5 Å². The van der Waals surface area contributed by atoms with Gasteiger partial charge in [-0.15, -0.1) is 0 Å². The highest BCUT2D eigenvalue weighted by Gasteiger charge is 2.29. The molecule has 3 aromatic rings. The molecule has 140 valence electrons. The number of guanidine groups is 1. The second-order valence-electron chi connectivity index (χ2n) is 5.79. The first-order valence-corrected chi connectivity index (χ1v) is 8.36. The van der Waals surface area contributed by atoms with Gasteiger partial charge in [-0.2, -0.15) is 8.78 Å². The minimum atomic E-state index is -3.01. The summed E-state index contributed by atoms with van der Waals surface area (Å²) in [6.07, 6.45) is -0.734. The van der Waals surface area contributed by atoms with E-state index in [4.69, 9.17) is 15.2 Å². The van der Waals surface area contributed by atoms with E-state index in [9.17, 15) is 8.78 Å². The zero-order valence-electron chi connectivity index (χ0n) is 14.4. The van der Waals surface area contributed by atoms with Crippen molar-refractivity contribution >= 4 is 22.9 Å². The van der Waals surface area contributed by atoms with Crippen molar-refractivity contribution in [3.63, 3.8) is 0 Å². The second-order valence-corrected chi connectivity index (χ2v) is 5.79. The lowest BCUT2D eigenvalue weighted by Gasteiger charge is -2.26. The summed E-state index contributed by atoms with van der Waals surface area (Å²) in [6, 6.07) is 12.4. The van der Waals surface area contributed by atoms with E-state index in [-0.39, 0.29) is 17.5 Å². The Kier molecular flexibility index (Phi) is 4.27. The predicted molar refractivity (Wildman–Crippen MR) is 97.4 cm³/mol. The number of nitrogens with zero attached hydrogens (tertiary/aromatic N) is 3. The first kappa shape index (κ1) is 17.1. The molecule has 1 unspecified atom stereocenters. The number of ether oxygens (including phenoxy) is 2. The number of alkyl halides is 2. The van der Waals surface area contributed by atoms with Crippen LogP contribution in [0.2, 0.25) is 0 Å². The number of para-hydroxylation sites is 3. The van der Waals surface area contributed by atoms with Crippen molar-refractivity contribution in [2.24, 2.45) is 10.7 Å². The molecule has 0 amide bonds. The van der Waals surface area contributed by atoms with Crippen LogP contribution in [0.5, 0.6) is 11.5 Å². The summed E-state index contributed by atoms with van der Waals surface area (Å²) >= 11 is 0. The van der Waals surface area contributed by atoms with Crippen LogP contribution in [0.3, 0.4) is 0 Å². The molecule has 27 heavy (non-hydrogen) atoms. The van der Waals surface area contributed by atoms with Gasteiger partial charge in [0.2, 0.25) is 5.95 Å². The maximum Gasteiger partial charge on any atom is 0.387 e. The van der Waals surface area contributed by atoms with Crippen molar-refractivity contribution in [1.82, 2.24) is 9.55 Å². The summed E-state index contributed by atoms with van der Waals surface area (Å²) in [7, 11) is 0. The Balaban J connectivity index is 1.93. The van der Waals surface area contributed by atoms with Crippen LogP contribution in [0, 0.1) is 0 Å². The number of imidazole rings is 1. The number of fused-ring (bicyclic) bond motifs is 3. The fourth-order valence-corrected chi connectivity index (χ4v) is 3.15. The second kappa shape index (κ2) is 6.75. The number of nitrogens with one attached hydrogen (secondary N) is 1. The molecule has 0 spiro atoms. The van der Waals surface area contributed by atoms with Crippen LogP contribution in [-0.2, 0) is 0 Å². The Bertz CT molecular complexity index is 1020. The number of hydrogen-bond donors (Lipinski definition) is 2. The number of benzene rings is 2. The molecule has 1 aromatic heterocycles. The van der Waals surface area contributed by atoms with Crippen LogP contribution in [0.4, 0.5) is 14.7 Å². The maximum absolute atomic E-state index is 13.1. The van der Waals surface area contributed by atoms with E-state index in [0.29, 0.717) is 18.1 Å². The summed E-state index contributed by atoms with van der Waals surface area (Å²) in [5.74, 6) is 0.751. The third-order valence-electron chi connectivity index (χ3n) is 4.14. The van der Waals surface area contributed by atoms with E-state index in [1.165, 1.54) is 0 Å². The molecule has 0 radical (unpaired) electrons. The first-order chi connectivity index (χ1) is 13.1. The Hall–Kier alpha value is -3.36. The molecule has 1 aliphatic rings. The van der Waals surface area contributed by atoms with Crippen molar-refractivity contribution in [3.05, 3.63) is 48.0 Å². The third kappa shape index (κ3) is 3.01. The Morgan fingerprint density at radius 3 is 2.81 bits per heavy atom. The van der Waals surface area contributed by atoms with Crippen molar-refractivity contribution < 1.29 is 18.3 Å². The average Bonchev–Trinajstić information content (AvgIpc) is 3.00. The van der Waals surface area contributed by atoms with E-state index in [1.54, 1.807) is 29.7 Å². The van der Waals surface area contributed by atoms with Gasteiger partial charge in [0, 0.05) is 5.56 Å². The molecule has 2 aromatic carbocycles. The van der Waals surface area contributed by atoms with E-state index in [1.807, 2.05) is 24.3 Å². The molecule has 9 heteroatoms. The van der Waals surface area contributed by atoms with Crippen molar-refractivity contribution in [2.45, 2.75) is 19.7 Å². The molecular formula is C18H17F2N5O2. The van der Waals surface area contributed by atoms with Gasteiger partial charge in [-0.3, -0.25) is 9.88 Å². The number of rotatable bonds is 5. The molecule has 2 heterocycles. The molecule has 4 rings (SSSR count). The monoisotopic (exact) mass is 373 g/mol. The summed E-state index contributed by atoms with van der Waals surface area (Å²) in [6.45, 7) is -0.937. The molecule has 0 fully saturated rings. The minimum absolute atomic E-state index is 0.0680. The molecule has 7 nitrogen and oxygen atoms in total. The quantitative estimate of drug-likeness (QED) is 0.716. The molecule has 1 aliphatic heterocycles. The molecule has 0 aliphatic carbocycles. The van der Waals surface area contributed by atoms with E-state index in [2.05, 4.69) is 15.3 Å². The molecule has 0 bridgehead atoms. The van der Waals surface area contributed by atoms with Gasteiger partial charge in [0.25, 0.3) is 0 Å². The van der Waals surface area contributed by atoms with Crippen LogP contribution >= 0.6 is 0 Å². The lowest BCUT2D eigenvalue weighted by atomic mass is 10.1.